The van der Waals surface area contributed by atoms with Crippen LogP contribution in [-0.2, 0) is 0 Å². The molecule has 0 saturated carbocycles. The van der Waals surface area contributed by atoms with Crippen molar-refractivity contribution in [3.8, 4) is 0 Å². The van der Waals surface area contributed by atoms with E-state index < -0.39 is 7.26 Å². The number of rotatable bonds is 7. The summed E-state index contributed by atoms with van der Waals surface area (Å²) in [6, 6.07) is 41.6. The van der Waals surface area contributed by atoms with Crippen molar-refractivity contribution in [3.63, 3.8) is 0 Å². The lowest BCUT2D eigenvalue weighted by Crippen LogP contribution is -3.00. The summed E-state index contributed by atoms with van der Waals surface area (Å²) in [6.45, 7) is 2.01. The number of amides is 1. The minimum atomic E-state index is -2.42. The Hall–Kier alpha value is -2.95. The van der Waals surface area contributed by atoms with Gasteiger partial charge in [0.15, 0.2) is 12.7 Å². The number of hydrogen-bond donors (Lipinski definition) is 1. The third-order valence-electron chi connectivity index (χ3n) is 6.76. The van der Waals surface area contributed by atoms with Crippen LogP contribution in [0.2, 0.25) is 0 Å². The topological polar surface area (TPSA) is 32.3 Å². The number of carbonyl (C=O) groups excluding carboxylic acids is 1. The SMILES string of the molecule is O=C(NC(=CN1CCCCC1)[P+](c1ccccc1)(c1ccccc1)c1ccccc1)c1ccccc1.[I-]. The van der Waals surface area contributed by atoms with Gasteiger partial charge in [-0.1, -0.05) is 72.8 Å². The fourth-order valence-electron chi connectivity index (χ4n) is 5.02. The molecule has 37 heavy (non-hydrogen) atoms. The molecular formula is C32H32IN2OP. The van der Waals surface area contributed by atoms with Crippen molar-refractivity contribution in [3.05, 3.63) is 139 Å². The van der Waals surface area contributed by atoms with Crippen LogP contribution >= 0.6 is 7.26 Å². The molecule has 0 aliphatic carbocycles. The molecule has 1 aliphatic heterocycles. The van der Waals surface area contributed by atoms with Crippen LogP contribution in [0, 0.1) is 0 Å². The van der Waals surface area contributed by atoms with Gasteiger partial charge in [0.2, 0.25) is 0 Å². The third kappa shape index (κ3) is 5.97. The molecule has 1 fully saturated rings. The lowest BCUT2D eigenvalue weighted by molar-refractivity contribution is -0.0000153. The molecule has 5 heteroatoms. The average Bonchev–Trinajstić information content (AvgIpc) is 2.96. The molecule has 4 aromatic carbocycles. The monoisotopic (exact) mass is 618 g/mol. The van der Waals surface area contributed by atoms with E-state index >= 15 is 0 Å². The van der Waals surface area contributed by atoms with Gasteiger partial charge in [0.05, 0.1) is 6.20 Å². The van der Waals surface area contributed by atoms with Crippen LogP contribution in [0.3, 0.4) is 0 Å². The van der Waals surface area contributed by atoms with Gasteiger partial charge >= 0.3 is 0 Å². The molecule has 3 nitrogen and oxygen atoms in total. The zero-order valence-corrected chi connectivity index (χ0v) is 23.9. The van der Waals surface area contributed by atoms with Crippen molar-refractivity contribution >= 4 is 29.1 Å². The van der Waals surface area contributed by atoms with Crippen LogP contribution in [-0.4, -0.2) is 23.9 Å². The third-order valence-corrected chi connectivity index (χ3v) is 10.9. The second-order valence-electron chi connectivity index (χ2n) is 9.11. The Morgan fingerprint density at radius 1 is 0.622 bits per heavy atom. The van der Waals surface area contributed by atoms with Crippen molar-refractivity contribution < 1.29 is 28.8 Å². The number of benzene rings is 4. The van der Waals surface area contributed by atoms with Gasteiger partial charge in [0.25, 0.3) is 5.91 Å². The van der Waals surface area contributed by atoms with Gasteiger partial charge in [-0.3, -0.25) is 10.1 Å². The largest absolute Gasteiger partial charge is 1.00 e. The molecule has 0 aromatic heterocycles. The van der Waals surface area contributed by atoms with Crippen molar-refractivity contribution in [1.29, 1.82) is 0 Å². The normalized spacial score (nSPS) is 13.9. The summed E-state index contributed by atoms with van der Waals surface area (Å²) in [5.74, 6) is -0.0778. The lowest BCUT2D eigenvalue weighted by Gasteiger charge is -2.32. The zero-order chi connectivity index (χ0) is 24.6. The Kier molecular flexibility index (Phi) is 9.54. The maximum Gasteiger partial charge on any atom is 0.258 e. The molecule has 0 bridgehead atoms. The van der Waals surface area contributed by atoms with Crippen LogP contribution in [0.15, 0.2) is 133 Å². The predicted molar refractivity (Wildman–Crippen MR) is 153 cm³/mol. The van der Waals surface area contributed by atoms with E-state index in [0.29, 0.717) is 5.56 Å². The van der Waals surface area contributed by atoms with Gasteiger partial charge in [-0.2, -0.15) is 0 Å². The fraction of sp³-hybridized carbons (Fsp3) is 0.156. The first kappa shape index (κ1) is 27.1. The molecule has 5 rings (SSSR count). The summed E-state index contributed by atoms with van der Waals surface area (Å²) in [5.41, 5.74) is 1.64. The molecule has 0 atom stereocenters. The van der Waals surface area contributed by atoms with Crippen molar-refractivity contribution in [1.82, 2.24) is 10.2 Å². The number of piperidine rings is 1. The number of likely N-dealkylation sites (tertiary alicyclic amines) is 1. The maximum atomic E-state index is 13.7. The van der Waals surface area contributed by atoms with E-state index in [4.69, 9.17) is 0 Å². The number of carbonyl (C=O) groups is 1. The number of nitrogens with one attached hydrogen (secondary N) is 1. The van der Waals surface area contributed by atoms with Crippen molar-refractivity contribution in [2.45, 2.75) is 19.3 Å². The second-order valence-corrected chi connectivity index (χ2v) is 12.5. The minimum Gasteiger partial charge on any atom is -1.00 e. The highest BCUT2D eigenvalue weighted by molar-refractivity contribution is 7.99. The van der Waals surface area contributed by atoms with E-state index in [1.165, 1.54) is 35.2 Å². The molecule has 1 amide bonds. The van der Waals surface area contributed by atoms with Gasteiger partial charge in [-0.05, 0) is 67.8 Å². The van der Waals surface area contributed by atoms with E-state index in [2.05, 4.69) is 107 Å². The zero-order valence-electron chi connectivity index (χ0n) is 20.8. The summed E-state index contributed by atoms with van der Waals surface area (Å²) < 4.78 is 0. The first-order chi connectivity index (χ1) is 17.8. The first-order valence-electron chi connectivity index (χ1n) is 12.7. The van der Waals surface area contributed by atoms with E-state index in [0.717, 1.165) is 18.5 Å². The van der Waals surface area contributed by atoms with Gasteiger partial charge in [0.1, 0.15) is 15.9 Å². The molecule has 1 aliphatic rings. The molecular weight excluding hydrogens is 586 g/mol. The molecule has 0 spiro atoms. The van der Waals surface area contributed by atoms with Crippen LogP contribution in [0.25, 0.3) is 0 Å². The Bertz CT molecular complexity index is 1200. The molecule has 4 aromatic rings. The first-order valence-corrected chi connectivity index (χ1v) is 14.5. The molecule has 0 unspecified atom stereocenters. The number of halogens is 1. The van der Waals surface area contributed by atoms with Crippen LogP contribution < -0.4 is 45.2 Å². The Morgan fingerprint density at radius 3 is 1.46 bits per heavy atom. The molecule has 0 radical (unpaired) electrons. The summed E-state index contributed by atoms with van der Waals surface area (Å²) in [6.07, 6.45) is 5.85. The lowest BCUT2D eigenvalue weighted by atomic mass is 10.1. The number of nitrogens with zero attached hydrogens (tertiary/aromatic N) is 1. The summed E-state index contributed by atoms with van der Waals surface area (Å²) >= 11 is 0. The molecule has 1 heterocycles. The minimum absolute atomic E-state index is 0. The average molecular weight is 618 g/mol. The highest BCUT2D eigenvalue weighted by atomic mass is 127. The Morgan fingerprint density at radius 2 is 1.03 bits per heavy atom. The van der Waals surface area contributed by atoms with E-state index in [-0.39, 0.29) is 29.9 Å². The smallest absolute Gasteiger partial charge is 0.258 e. The van der Waals surface area contributed by atoms with Gasteiger partial charge in [-0.15, -0.1) is 0 Å². The summed E-state index contributed by atoms with van der Waals surface area (Å²) in [4.78, 5) is 16.1. The fourth-order valence-corrected chi connectivity index (χ4v) is 9.21. The van der Waals surface area contributed by atoms with Gasteiger partial charge < -0.3 is 28.9 Å². The van der Waals surface area contributed by atoms with Crippen LogP contribution in [0.5, 0.6) is 0 Å². The highest BCUT2D eigenvalue weighted by Gasteiger charge is 2.51. The van der Waals surface area contributed by atoms with E-state index in [9.17, 15) is 4.79 Å². The molecule has 1 N–H and O–H groups in total. The van der Waals surface area contributed by atoms with Gasteiger partial charge in [0, 0.05) is 18.7 Å². The summed E-state index contributed by atoms with van der Waals surface area (Å²) in [5, 5.41) is 7.11. The Balaban J connectivity index is 0.00000320. The van der Waals surface area contributed by atoms with Crippen molar-refractivity contribution in [2.75, 3.05) is 13.1 Å². The standard InChI is InChI=1S/C32H31N2OP.HI/c35-32(27-16-6-1-7-17-27)33-31(26-34-24-14-5-15-25-34)36(28-18-8-2-9-19-28,29-20-10-3-11-21-29)30-22-12-4-13-23-30;/h1-4,6-13,16-23,26H,5,14-15,24-25H2;1H. The van der Waals surface area contributed by atoms with Gasteiger partial charge in [-0.25, -0.2) is 0 Å². The predicted octanol–water partition coefficient (Wildman–Crippen LogP) is 2.70. The van der Waals surface area contributed by atoms with Crippen molar-refractivity contribution in [2.24, 2.45) is 0 Å². The highest BCUT2D eigenvalue weighted by Crippen LogP contribution is 2.61. The quantitative estimate of drug-likeness (QED) is 0.256. The summed E-state index contributed by atoms with van der Waals surface area (Å²) in [7, 11) is -2.42. The Labute approximate surface area is 238 Å². The number of hydrogen-bond acceptors (Lipinski definition) is 2. The molecule has 188 valence electrons. The van der Waals surface area contributed by atoms with Crippen LogP contribution in [0.4, 0.5) is 0 Å². The van der Waals surface area contributed by atoms with E-state index in [1.807, 2.05) is 30.3 Å². The second kappa shape index (κ2) is 13.0. The van der Waals surface area contributed by atoms with Crippen LogP contribution in [0.1, 0.15) is 29.6 Å². The molecule has 1 saturated heterocycles. The van der Waals surface area contributed by atoms with E-state index in [1.54, 1.807) is 0 Å². The maximum absolute atomic E-state index is 13.7.